The van der Waals surface area contributed by atoms with Crippen LogP contribution >= 0.6 is 0 Å². The molecule has 8 heteroatoms. The van der Waals surface area contributed by atoms with Crippen molar-refractivity contribution in [2.75, 3.05) is 11.9 Å². The number of nitrogens with zero attached hydrogens (tertiary/aromatic N) is 1. The molecule has 2 N–H and O–H groups in total. The third kappa shape index (κ3) is 3.52. The number of nitrogens with one attached hydrogen (secondary N) is 2. The number of carbonyl (C=O) groups is 1. The zero-order chi connectivity index (χ0) is 15.6. The van der Waals surface area contributed by atoms with Crippen molar-refractivity contribution in [1.82, 2.24) is 5.32 Å². The van der Waals surface area contributed by atoms with Crippen LogP contribution in [-0.4, -0.2) is 23.4 Å². The Bertz CT molecular complexity index is 580. The summed E-state index contributed by atoms with van der Waals surface area (Å²) >= 11 is 0. The Kier molecular flexibility index (Phi) is 4.46. The van der Waals surface area contributed by atoms with E-state index < -0.39 is 28.2 Å². The van der Waals surface area contributed by atoms with E-state index in [0.29, 0.717) is 31.5 Å². The molecule has 1 saturated heterocycles. The fourth-order valence-corrected chi connectivity index (χ4v) is 2.38. The molecule has 1 aliphatic heterocycles. The van der Waals surface area contributed by atoms with Crippen molar-refractivity contribution in [2.24, 2.45) is 5.92 Å². The van der Waals surface area contributed by atoms with Crippen LogP contribution in [0.15, 0.2) is 12.1 Å². The zero-order valence-corrected chi connectivity index (χ0v) is 11.4. The van der Waals surface area contributed by atoms with Crippen molar-refractivity contribution in [3.63, 3.8) is 0 Å². The molecule has 2 rings (SSSR count). The van der Waals surface area contributed by atoms with Gasteiger partial charge in [-0.15, -0.1) is 0 Å². The summed E-state index contributed by atoms with van der Waals surface area (Å²) < 4.78 is 26.8. The Balaban J connectivity index is 2.17. The van der Waals surface area contributed by atoms with Crippen LogP contribution in [0.25, 0.3) is 0 Å². The van der Waals surface area contributed by atoms with E-state index in [1.807, 2.05) is 6.92 Å². The lowest BCUT2D eigenvalue weighted by atomic mass is 9.92. The number of benzene rings is 1. The van der Waals surface area contributed by atoms with Crippen LogP contribution in [0.1, 0.15) is 19.8 Å². The van der Waals surface area contributed by atoms with Gasteiger partial charge < -0.3 is 10.6 Å². The van der Waals surface area contributed by atoms with Crippen molar-refractivity contribution in [1.29, 1.82) is 0 Å². The van der Waals surface area contributed by atoms with Crippen LogP contribution in [0, 0.1) is 27.7 Å². The minimum absolute atomic E-state index is 0.168. The number of nitro groups is 1. The molecule has 0 spiro atoms. The van der Waals surface area contributed by atoms with E-state index in [-0.39, 0.29) is 17.6 Å². The summed E-state index contributed by atoms with van der Waals surface area (Å²) in [5.41, 5.74) is -1.25. The predicted octanol–water partition coefficient (Wildman–Crippen LogP) is 2.20. The number of anilines is 1. The molecular formula is C13H15F2N3O3. The first kappa shape index (κ1) is 15.3. The minimum Gasteiger partial charge on any atom is -0.323 e. The summed E-state index contributed by atoms with van der Waals surface area (Å²) in [5.74, 6) is -3.02. The second kappa shape index (κ2) is 6.13. The first-order valence-electron chi connectivity index (χ1n) is 6.56. The van der Waals surface area contributed by atoms with Crippen LogP contribution in [0.2, 0.25) is 0 Å². The summed E-state index contributed by atoms with van der Waals surface area (Å²) in [5, 5.41) is 16.1. The Morgan fingerprint density at radius 2 is 2.14 bits per heavy atom. The van der Waals surface area contributed by atoms with Gasteiger partial charge in [0.15, 0.2) is 0 Å². The third-order valence-corrected chi connectivity index (χ3v) is 3.49. The molecule has 1 aromatic rings. The average Bonchev–Trinajstić information content (AvgIpc) is 2.41. The fourth-order valence-electron chi connectivity index (χ4n) is 2.38. The van der Waals surface area contributed by atoms with Gasteiger partial charge in [0.05, 0.1) is 10.6 Å². The van der Waals surface area contributed by atoms with Crippen LogP contribution in [0.4, 0.5) is 20.2 Å². The van der Waals surface area contributed by atoms with E-state index >= 15 is 0 Å². The van der Waals surface area contributed by atoms with Gasteiger partial charge in [0, 0.05) is 24.1 Å². The maximum Gasteiger partial charge on any atom is 0.307 e. The van der Waals surface area contributed by atoms with Crippen molar-refractivity contribution >= 4 is 17.3 Å². The maximum atomic E-state index is 13.6. The Morgan fingerprint density at radius 3 is 2.76 bits per heavy atom. The van der Waals surface area contributed by atoms with Crippen LogP contribution in [0.3, 0.4) is 0 Å². The summed E-state index contributed by atoms with van der Waals surface area (Å²) in [7, 11) is 0. The van der Waals surface area contributed by atoms with E-state index in [0.717, 1.165) is 0 Å². The Morgan fingerprint density at radius 1 is 1.43 bits per heavy atom. The summed E-state index contributed by atoms with van der Waals surface area (Å²) in [6.45, 7) is 2.61. The van der Waals surface area contributed by atoms with E-state index in [1.54, 1.807) is 0 Å². The smallest absolute Gasteiger partial charge is 0.307 e. The molecule has 0 saturated carbocycles. The lowest BCUT2D eigenvalue weighted by molar-refractivity contribution is -0.387. The van der Waals surface area contributed by atoms with E-state index in [9.17, 15) is 23.7 Å². The first-order chi connectivity index (χ1) is 9.88. The molecule has 1 heterocycles. The van der Waals surface area contributed by atoms with E-state index in [1.165, 1.54) is 0 Å². The summed E-state index contributed by atoms with van der Waals surface area (Å²) in [6.07, 6.45) is 1.19. The molecular weight excluding hydrogens is 284 g/mol. The average molecular weight is 299 g/mol. The van der Waals surface area contributed by atoms with E-state index in [2.05, 4.69) is 10.6 Å². The molecule has 0 bridgehead atoms. The number of rotatable bonds is 3. The van der Waals surface area contributed by atoms with Gasteiger partial charge in [0.1, 0.15) is 5.82 Å². The normalized spacial score (nSPS) is 21.9. The number of amides is 1. The molecule has 6 nitrogen and oxygen atoms in total. The van der Waals surface area contributed by atoms with E-state index in [4.69, 9.17) is 0 Å². The van der Waals surface area contributed by atoms with Crippen molar-refractivity contribution in [3.8, 4) is 0 Å². The zero-order valence-electron chi connectivity index (χ0n) is 11.4. The topological polar surface area (TPSA) is 84.3 Å². The molecule has 0 aromatic heterocycles. The van der Waals surface area contributed by atoms with Gasteiger partial charge in [0.25, 0.3) is 0 Å². The quantitative estimate of drug-likeness (QED) is 0.662. The molecule has 2 atom stereocenters. The van der Waals surface area contributed by atoms with Gasteiger partial charge in [-0.2, -0.15) is 4.39 Å². The van der Waals surface area contributed by atoms with Gasteiger partial charge in [0.2, 0.25) is 11.7 Å². The molecule has 2 unspecified atom stereocenters. The molecule has 0 aliphatic carbocycles. The second-order valence-corrected chi connectivity index (χ2v) is 5.11. The second-order valence-electron chi connectivity index (χ2n) is 5.11. The number of hydrogen-bond acceptors (Lipinski definition) is 4. The summed E-state index contributed by atoms with van der Waals surface area (Å²) in [4.78, 5) is 21.7. The summed E-state index contributed by atoms with van der Waals surface area (Å²) in [6, 6.07) is 1.27. The third-order valence-electron chi connectivity index (χ3n) is 3.49. The predicted molar refractivity (Wildman–Crippen MR) is 71.8 cm³/mol. The highest BCUT2D eigenvalue weighted by molar-refractivity contribution is 5.93. The molecule has 1 aromatic carbocycles. The standard InChI is InChI=1S/C13H15F2N3O3/c1-7-4-8(2-3-16-7)13(19)17-11-6-12(18(20)21)10(15)5-9(11)14/h5-8,16H,2-4H2,1H3,(H,17,19). The van der Waals surface area contributed by atoms with Crippen LogP contribution < -0.4 is 10.6 Å². The molecule has 21 heavy (non-hydrogen) atoms. The number of piperidine rings is 1. The SMILES string of the molecule is CC1CC(C(=O)Nc2cc([N+](=O)[O-])c(F)cc2F)CCN1. The van der Waals surface area contributed by atoms with Gasteiger partial charge in [-0.3, -0.25) is 14.9 Å². The first-order valence-corrected chi connectivity index (χ1v) is 6.56. The minimum atomic E-state index is -1.27. The highest BCUT2D eigenvalue weighted by atomic mass is 19.1. The monoisotopic (exact) mass is 299 g/mol. The number of hydrogen-bond donors (Lipinski definition) is 2. The van der Waals surface area contributed by atoms with Crippen LogP contribution in [-0.2, 0) is 4.79 Å². The highest BCUT2D eigenvalue weighted by Crippen LogP contribution is 2.26. The van der Waals surface area contributed by atoms with Gasteiger partial charge in [-0.1, -0.05) is 0 Å². The fraction of sp³-hybridized carbons (Fsp3) is 0.462. The largest absolute Gasteiger partial charge is 0.323 e. The number of carbonyl (C=O) groups excluding carboxylic acids is 1. The highest BCUT2D eigenvalue weighted by Gasteiger charge is 2.26. The van der Waals surface area contributed by atoms with Crippen molar-refractivity contribution in [3.05, 3.63) is 33.9 Å². The van der Waals surface area contributed by atoms with Gasteiger partial charge in [-0.05, 0) is 26.3 Å². The van der Waals surface area contributed by atoms with Crippen molar-refractivity contribution < 1.29 is 18.5 Å². The Labute approximate surface area is 119 Å². The Hall–Kier alpha value is -2.09. The molecule has 1 aliphatic rings. The van der Waals surface area contributed by atoms with Gasteiger partial charge >= 0.3 is 5.69 Å². The number of halogens is 2. The molecule has 1 fully saturated rings. The van der Waals surface area contributed by atoms with Crippen LogP contribution in [0.5, 0.6) is 0 Å². The molecule has 114 valence electrons. The molecule has 1 amide bonds. The maximum absolute atomic E-state index is 13.6. The number of nitro benzene ring substituents is 1. The van der Waals surface area contributed by atoms with Gasteiger partial charge in [-0.25, -0.2) is 4.39 Å². The lowest BCUT2D eigenvalue weighted by Gasteiger charge is -2.27. The molecule has 0 radical (unpaired) electrons. The lowest BCUT2D eigenvalue weighted by Crippen LogP contribution is -2.40. The van der Waals surface area contributed by atoms with Crippen molar-refractivity contribution in [2.45, 2.75) is 25.8 Å².